The van der Waals surface area contributed by atoms with Crippen LogP contribution in [-0.2, 0) is 14.3 Å². The van der Waals surface area contributed by atoms with Crippen molar-refractivity contribution in [3.63, 3.8) is 0 Å². The zero-order valence-corrected chi connectivity index (χ0v) is 18.2. The van der Waals surface area contributed by atoms with Crippen molar-refractivity contribution in [1.29, 1.82) is 0 Å². The van der Waals surface area contributed by atoms with Gasteiger partial charge in [0.1, 0.15) is 28.6 Å². The summed E-state index contributed by atoms with van der Waals surface area (Å²) >= 11 is 0.760. The molecule has 0 aliphatic carbocycles. The number of fused-ring (bicyclic) bond motifs is 1. The Morgan fingerprint density at radius 3 is 2.61 bits per heavy atom. The number of nitrogen functional groups attached to an aromatic ring is 1. The van der Waals surface area contributed by atoms with Gasteiger partial charge in [0.15, 0.2) is 11.9 Å². The first-order valence-corrected chi connectivity index (χ1v) is 10.5. The third-order valence-corrected chi connectivity index (χ3v) is 5.34. The molecule has 0 bridgehead atoms. The van der Waals surface area contributed by atoms with Crippen molar-refractivity contribution in [2.24, 2.45) is 0 Å². The van der Waals surface area contributed by atoms with Gasteiger partial charge in [-0.25, -0.2) is 0 Å². The zero-order valence-electron chi connectivity index (χ0n) is 17.3. The molecule has 2 aromatic rings. The smallest absolute Gasteiger partial charge is 0.311 e. The van der Waals surface area contributed by atoms with Crippen molar-refractivity contribution in [2.45, 2.75) is 63.8 Å². The average molecular weight is 458 g/mol. The molecular formula is C18H26N4O8S. The lowest BCUT2D eigenvalue weighted by molar-refractivity contribution is -0.155. The Bertz CT molecular complexity index is 1000. The number of nitrogens with two attached hydrogens (primary N) is 1. The van der Waals surface area contributed by atoms with Gasteiger partial charge in [0.2, 0.25) is 11.8 Å². The summed E-state index contributed by atoms with van der Waals surface area (Å²) in [6, 6.07) is 0. The zero-order chi connectivity index (χ0) is 22.9. The molecule has 1 aliphatic rings. The highest BCUT2D eigenvalue weighted by Gasteiger charge is 2.45. The summed E-state index contributed by atoms with van der Waals surface area (Å²) < 4.78 is 17.6. The van der Waals surface area contributed by atoms with Gasteiger partial charge in [0.05, 0.1) is 13.2 Å². The van der Waals surface area contributed by atoms with Gasteiger partial charge in [-0.1, -0.05) is 11.3 Å². The molecule has 0 saturated carbocycles. The van der Waals surface area contributed by atoms with Gasteiger partial charge in [-0.2, -0.15) is 9.97 Å². The van der Waals surface area contributed by atoms with Crippen molar-refractivity contribution >= 4 is 33.6 Å². The summed E-state index contributed by atoms with van der Waals surface area (Å²) in [5.41, 5.74) is 5.25. The average Bonchev–Trinajstić information content (AvgIpc) is 3.13. The lowest BCUT2D eigenvalue weighted by Crippen LogP contribution is -2.34. The third kappa shape index (κ3) is 5.13. The Morgan fingerprint density at radius 2 is 2.00 bits per heavy atom. The van der Waals surface area contributed by atoms with Crippen LogP contribution in [0, 0.1) is 0 Å². The Morgan fingerprint density at radius 1 is 1.29 bits per heavy atom. The largest absolute Gasteiger partial charge is 0.476 e. The van der Waals surface area contributed by atoms with E-state index in [1.54, 1.807) is 20.8 Å². The summed E-state index contributed by atoms with van der Waals surface area (Å²) in [6.45, 7) is 4.92. The Hall–Kier alpha value is -2.32. The monoisotopic (exact) mass is 458 g/mol. The molecule has 0 spiro atoms. The van der Waals surface area contributed by atoms with Crippen LogP contribution < -0.4 is 15.3 Å². The summed E-state index contributed by atoms with van der Waals surface area (Å²) in [7, 11) is 0. The number of carbonyl (C=O) groups excluding carboxylic acids is 1. The first-order valence-electron chi connectivity index (χ1n) is 9.67. The van der Waals surface area contributed by atoms with E-state index < -0.39 is 41.6 Å². The van der Waals surface area contributed by atoms with Crippen LogP contribution in [0.4, 0.5) is 5.95 Å². The highest BCUT2D eigenvalue weighted by Crippen LogP contribution is 2.34. The quantitative estimate of drug-likeness (QED) is 0.312. The second-order valence-corrected chi connectivity index (χ2v) is 9.01. The van der Waals surface area contributed by atoms with Gasteiger partial charge < -0.3 is 35.3 Å². The number of hydrogen-bond acceptors (Lipinski definition) is 12. The van der Waals surface area contributed by atoms with Crippen LogP contribution in [0.25, 0.3) is 10.3 Å². The van der Waals surface area contributed by atoms with Crippen LogP contribution in [0.1, 0.15) is 39.8 Å². The topological polar surface area (TPSA) is 179 Å². The molecule has 2 aromatic heterocycles. The first-order chi connectivity index (χ1) is 14.5. The molecule has 31 heavy (non-hydrogen) atoms. The van der Waals surface area contributed by atoms with Crippen LogP contribution in [0.3, 0.4) is 0 Å². The Labute approximate surface area is 181 Å². The van der Waals surface area contributed by atoms with E-state index in [1.165, 1.54) is 0 Å². The second-order valence-electron chi connectivity index (χ2n) is 8.04. The molecule has 1 saturated heterocycles. The van der Waals surface area contributed by atoms with Gasteiger partial charge in [-0.05, 0) is 27.2 Å². The standard InChI is InChI=1S/C18H26N4O8S/c1-18(2,3)30-9(24)5-4-6-28-14-12-13(20-16(19)21-14)22(17(27)31-12)15-11(26)10(25)8(7-23)29-15/h8,10-11,15,23,25-26H,4-7H2,1-3H3,(H2,19,20,21)/t8-,10-,11-,15-/m1/s1. The maximum Gasteiger partial charge on any atom is 0.311 e. The molecule has 5 N–H and O–H groups in total. The van der Waals surface area contributed by atoms with E-state index in [9.17, 15) is 24.9 Å². The van der Waals surface area contributed by atoms with Crippen molar-refractivity contribution in [2.75, 3.05) is 18.9 Å². The number of aliphatic hydroxyl groups excluding tert-OH is 3. The maximum atomic E-state index is 12.6. The molecule has 1 aliphatic heterocycles. The lowest BCUT2D eigenvalue weighted by atomic mass is 10.1. The second kappa shape index (κ2) is 9.04. The van der Waals surface area contributed by atoms with E-state index >= 15 is 0 Å². The molecule has 12 nitrogen and oxygen atoms in total. The molecule has 0 radical (unpaired) electrons. The Balaban J connectivity index is 1.78. The predicted molar refractivity (Wildman–Crippen MR) is 110 cm³/mol. The normalized spacial score (nSPS) is 23.9. The van der Waals surface area contributed by atoms with Gasteiger partial charge in [0.25, 0.3) is 0 Å². The van der Waals surface area contributed by atoms with E-state index in [4.69, 9.17) is 19.9 Å². The Kier molecular flexibility index (Phi) is 6.81. The van der Waals surface area contributed by atoms with Crippen LogP contribution in [0.5, 0.6) is 5.88 Å². The molecular weight excluding hydrogens is 432 g/mol. The number of rotatable bonds is 7. The van der Waals surface area contributed by atoms with E-state index in [-0.39, 0.29) is 41.2 Å². The van der Waals surface area contributed by atoms with Crippen molar-refractivity contribution < 1.29 is 34.3 Å². The number of aliphatic hydroxyl groups is 3. The third-order valence-electron chi connectivity index (χ3n) is 4.40. The molecule has 0 amide bonds. The molecule has 172 valence electrons. The highest BCUT2D eigenvalue weighted by molar-refractivity contribution is 7.16. The number of esters is 1. The van der Waals surface area contributed by atoms with Crippen LogP contribution in [-0.4, -0.2) is 73.0 Å². The number of hydrogen-bond donors (Lipinski definition) is 4. The number of carbonyl (C=O) groups is 1. The molecule has 3 rings (SSSR count). The molecule has 0 unspecified atom stereocenters. The van der Waals surface area contributed by atoms with Gasteiger partial charge in [0, 0.05) is 6.42 Å². The van der Waals surface area contributed by atoms with Crippen molar-refractivity contribution in [3.05, 3.63) is 9.67 Å². The molecule has 1 fully saturated rings. The van der Waals surface area contributed by atoms with Gasteiger partial charge in [-0.3, -0.25) is 14.2 Å². The minimum Gasteiger partial charge on any atom is -0.476 e. The molecule has 0 aromatic carbocycles. The molecule has 13 heteroatoms. The number of thiazole rings is 1. The summed E-state index contributed by atoms with van der Waals surface area (Å²) in [5.74, 6) is -0.476. The van der Waals surface area contributed by atoms with Gasteiger partial charge in [-0.15, -0.1) is 0 Å². The van der Waals surface area contributed by atoms with Crippen molar-refractivity contribution in [1.82, 2.24) is 14.5 Å². The predicted octanol–water partition coefficient (Wildman–Crippen LogP) is -0.453. The van der Waals surface area contributed by atoms with Crippen LogP contribution >= 0.6 is 11.3 Å². The van der Waals surface area contributed by atoms with Crippen LogP contribution in [0.2, 0.25) is 0 Å². The van der Waals surface area contributed by atoms with E-state index in [0.29, 0.717) is 6.42 Å². The SMILES string of the molecule is CC(C)(C)OC(=O)CCCOc1nc(N)nc2c1sc(=O)n2[C@@H]1O[C@H](CO)[C@@H](O)[C@H]1O. The lowest BCUT2D eigenvalue weighted by Gasteiger charge is -2.19. The minimum atomic E-state index is -1.46. The van der Waals surface area contributed by atoms with Crippen LogP contribution in [0.15, 0.2) is 4.79 Å². The minimum absolute atomic E-state index is 0.0549. The van der Waals surface area contributed by atoms with Crippen molar-refractivity contribution in [3.8, 4) is 5.88 Å². The first kappa shape index (κ1) is 23.3. The summed E-state index contributed by atoms with van der Waals surface area (Å²) in [5, 5.41) is 29.5. The fourth-order valence-corrected chi connectivity index (χ4v) is 3.99. The van der Waals surface area contributed by atoms with E-state index in [0.717, 1.165) is 15.9 Å². The number of aromatic nitrogens is 3. The summed E-state index contributed by atoms with van der Waals surface area (Å²) in [4.78, 5) is 31.9. The van der Waals surface area contributed by atoms with E-state index in [1.807, 2.05) is 0 Å². The summed E-state index contributed by atoms with van der Waals surface area (Å²) in [6.07, 6.45) is -4.65. The van der Waals surface area contributed by atoms with E-state index in [2.05, 4.69) is 9.97 Å². The fourth-order valence-electron chi connectivity index (χ4n) is 3.10. The molecule has 4 atom stereocenters. The maximum absolute atomic E-state index is 12.6. The number of ether oxygens (including phenoxy) is 3. The number of nitrogens with zero attached hydrogens (tertiary/aromatic N) is 3. The molecule has 3 heterocycles. The van der Waals surface area contributed by atoms with Gasteiger partial charge >= 0.3 is 10.8 Å². The fraction of sp³-hybridized carbons (Fsp3) is 0.667. The number of anilines is 1. The highest BCUT2D eigenvalue weighted by atomic mass is 32.1.